The van der Waals surface area contributed by atoms with Crippen LogP contribution in [-0.4, -0.2) is 13.2 Å². The number of anilines is 1. The predicted octanol–water partition coefficient (Wildman–Crippen LogP) is 4.59. The summed E-state index contributed by atoms with van der Waals surface area (Å²) < 4.78 is 6.64. The fourth-order valence-electron chi connectivity index (χ4n) is 1.49. The second-order valence-corrected chi connectivity index (χ2v) is 5.09. The van der Waals surface area contributed by atoms with E-state index in [-0.39, 0.29) is 0 Å². The molecule has 0 bridgehead atoms. The van der Waals surface area contributed by atoms with E-state index in [0.29, 0.717) is 6.61 Å². The lowest BCUT2D eigenvalue weighted by molar-refractivity contribution is 0.333. The van der Waals surface area contributed by atoms with E-state index < -0.39 is 0 Å². The van der Waals surface area contributed by atoms with E-state index in [9.17, 15) is 0 Å². The van der Waals surface area contributed by atoms with Crippen molar-refractivity contribution in [1.29, 1.82) is 0 Å². The first kappa shape index (κ1) is 13.2. The smallest absolute Gasteiger partial charge is 0.119 e. The molecule has 1 N–H and O–H groups in total. The lowest BCUT2D eigenvalue weighted by Crippen LogP contribution is -2.11. The Bertz CT molecular complexity index is 501. The third kappa shape index (κ3) is 4.24. The molecule has 0 aliphatic rings. The second kappa shape index (κ2) is 6.66. The summed E-state index contributed by atoms with van der Waals surface area (Å²) in [5, 5.41) is 3.98. The van der Waals surface area contributed by atoms with Crippen molar-refractivity contribution in [3.8, 4) is 5.75 Å². The number of halogens is 2. The lowest BCUT2D eigenvalue weighted by Gasteiger charge is -2.08. The van der Waals surface area contributed by atoms with Gasteiger partial charge in [-0.2, -0.15) is 0 Å². The lowest BCUT2D eigenvalue weighted by atomic mass is 10.3. The van der Waals surface area contributed by atoms with E-state index in [4.69, 9.17) is 16.3 Å². The summed E-state index contributed by atoms with van der Waals surface area (Å²) in [7, 11) is 0. The van der Waals surface area contributed by atoms with E-state index in [2.05, 4.69) is 21.2 Å². The van der Waals surface area contributed by atoms with Crippen LogP contribution in [0.4, 0.5) is 5.69 Å². The van der Waals surface area contributed by atoms with Crippen molar-refractivity contribution in [2.24, 2.45) is 0 Å². The first-order valence-electron chi connectivity index (χ1n) is 5.62. The molecule has 2 nitrogen and oxygen atoms in total. The van der Waals surface area contributed by atoms with Crippen LogP contribution in [0.5, 0.6) is 5.75 Å². The molecule has 0 fully saturated rings. The largest absolute Gasteiger partial charge is 0.492 e. The van der Waals surface area contributed by atoms with Crippen LogP contribution in [0.1, 0.15) is 0 Å². The van der Waals surface area contributed by atoms with Crippen molar-refractivity contribution in [1.82, 2.24) is 0 Å². The van der Waals surface area contributed by atoms with Crippen molar-refractivity contribution in [2.45, 2.75) is 0 Å². The first-order chi connectivity index (χ1) is 8.74. The highest BCUT2D eigenvalue weighted by Crippen LogP contribution is 2.16. The van der Waals surface area contributed by atoms with Gasteiger partial charge in [-0.25, -0.2) is 0 Å². The molecule has 2 aromatic carbocycles. The fourth-order valence-corrected chi connectivity index (χ4v) is 1.95. The first-order valence-corrected chi connectivity index (χ1v) is 6.79. The molecule has 0 radical (unpaired) electrons. The molecule has 2 aromatic rings. The number of nitrogens with one attached hydrogen (secondary N) is 1. The molecule has 94 valence electrons. The Morgan fingerprint density at radius 1 is 1.11 bits per heavy atom. The van der Waals surface area contributed by atoms with Crippen molar-refractivity contribution >= 4 is 33.2 Å². The maximum Gasteiger partial charge on any atom is 0.119 e. The van der Waals surface area contributed by atoms with Crippen LogP contribution in [0.2, 0.25) is 5.02 Å². The number of benzene rings is 2. The SMILES string of the molecule is Clc1cccc(NCCOc2ccc(Br)cc2)c1. The van der Waals surface area contributed by atoms with Crippen LogP contribution in [-0.2, 0) is 0 Å². The van der Waals surface area contributed by atoms with Gasteiger partial charge in [-0.1, -0.05) is 33.6 Å². The number of hydrogen-bond donors (Lipinski definition) is 1. The van der Waals surface area contributed by atoms with Gasteiger partial charge in [-0.3, -0.25) is 0 Å². The third-order valence-corrected chi connectivity index (χ3v) is 3.10. The van der Waals surface area contributed by atoms with Crippen LogP contribution >= 0.6 is 27.5 Å². The third-order valence-electron chi connectivity index (χ3n) is 2.34. The van der Waals surface area contributed by atoms with Gasteiger partial charge in [0.15, 0.2) is 0 Å². The number of rotatable bonds is 5. The normalized spacial score (nSPS) is 10.1. The molecule has 0 saturated heterocycles. The highest BCUT2D eigenvalue weighted by atomic mass is 79.9. The summed E-state index contributed by atoms with van der Waals surface area (Å²) in [4.78, 5) is 0. The Balaban J connectivity index is 1.74. The van der Waals surface area contributed by atoms with Crippen molar-refractivity contribution in [2.75, 3.05) is 18.5 Å². The molecular weight excluding hydrogens is 314 g/mol. The molecule has 0 amide bonds. The summed E-state index contributed by atoms with van der Waals surface area (Å²) in [6.07, 6.45) is 0. The minimum atomic E-state index is 0.605. The van der Waals surface area contributed by atoms with Gasteiger partial charge in [-0.15, -0.1) is 0 Å². The van der Waals surface area contributed by atoms with Gasteiger partial charge >= 0.3 is 0 Å². The van der Waals surface area contributed by atoms with Gasteiger partial charge in [0.05, 0.1) is 0 Å². The van der Waals surface area contributed by atoms with Crippen LogP contribution in [0.25, 0.3) is 0 Å². The quantitative estimate of drug-likeness (QED) is 0.811. The maximum atomic E-state index is 5.89. The van der Waals surface area contributed by atoms with Crippen molar-refractivity contribution in [3.63, 3.8) is 0 Å². The van der Waals surface area contributed by atoms with Crippen molar-refractivity contribution in [3.05, 3.63) is 58.0 Å². The Labute approximate surface area is 120 Å². The van der Waals surface area contributed by atoms with E-state index in [1.807, 2.05) is 48.5 Å². The molecule has 0 spiro atoms. The van der Waals surface area contributed by atoms with Crippen LogP contribution < -0.4 is 10.1 Å². The van der Waals surface area contributed by atoms with Crippen LogP contribution in [0.3, 0.4) is 0 Å². The fraction of sp³-hybridized carbons (Fsp3) is 0.143. The zero-order chi connectivity index (χ0) is 12.8. The second-order valence-electron chi connectivity index (χ2n) is 3.74. The van der Waals surface area contributed by atoms with Crippen LogP contribution in [0.15, 0.2) is 53.0 Å². The number of hydrogen-bond acceptors (Lipinski definition) is 2. The molecule has 0 atom stereocenters. The van der Waals surface area contributed by atoms with Crippen molar-refractivity contribution < 1.29 is 4.74 Å². The van der Waals surface area contributed by atoms with E-state index >= 15 is 0 Å². The van der Waals surface area contributed by atoms with E-state index in [1.165, 1.54) is 0 Å². The molecule has 0 saturated carbocycles. The Hall–Kier alpha value is -1.19. The van der Waals surface area contributed by atoms with Gasteiger partial charge in [0.1, 0.15) is 12.4 Å². The van der Waals surface area contributed by atoms with Gasteiger partial charge < -0.3 is 10.1 Å². The summed E-state index contributed by atoms with van der Waals surface area (Å²) in [5.41, 5.74) is 1.00. The van der Waals surface area contributed by atoms with Gasteiger partial charge in [0.25, 0.3) is 0 Å². The molecule has 0 heterocycles. The molecule has 0 unspecified atom stereocenters. The van der Waals surface area contributed by atoms with Gasteiger partial charge in [-0.05, 0) is 42.5 Å². The standard InChI is InChI=1S/C14H13BrClNO/c15-11-4-6-14(7-5-11)18-9-8-17-13-3-1-2-12(16)10-13/h1-7,10,17H,8-9H2. The molecule has 0 aromatic heterocycles. The van der Waals surface area contributed by atoms with E-state index in [1.54, 1.807) is 0 Å². The molecular formula is C14H13BrClNO. The molecule has 0 aliphatic heterocycles. The highest BCUT2D eigenvalue weighted by molar-refractivity contribution is 9.10. The summed E-state index contributed by atoms with van der Waals surface area (Å²) in [5.74, 6) is 0.867. The molecule has 4 heteroatoms. The topological polar surface area (TPSA) is 21.3 Å². The Morgan fingerprint density at radius 3 is 2.61 bits per heavy atom. The predicted molar refractivity (Wildman–Crippen MR) is 79.6 cm³/mol. The maximum absolute atomic E-state index is 5.89. The Morgan fingerprint density at radius 2 is 1.89 bits per heavy atom. The minimum Gasteiger partial charge on any atom is -0.492 e. The molecule has 2 rings (SSSR count). The van der Waals surface area contributed by atoms with Gasteiger partial charge in [0, 0.05) is 21.7 Å². The minimum absolute atomic E-state index is 0.605. The van der Waals surface area contributed by atoms with Crippen LogP contribution in [0, 0.1) is 0 Å². The monoisotopic (exact) mass is 325 g/mol. The van der Waals surface area contributed by atoms with E-state index in [0.717, 1.165) is 27.5 Å². The average Bonchev–Trinajstić information content (AvgIpc) is 2.37. The summed E-state index contributed by atoms with van der Waals surface area (Å²) >= 11 is 9.28. The van der Waals surface area contributed by atoms with Gasteiger partial charge in [0.2, 0.25) is 0 Å². The number of ether oxygens (including phenoxy) is 1. The zero-order valence-electron chi connectivity index (χ0n) is 9.70. The molecule has 18 heavy (non-hydrogen) atoms. The zero-order valence-corrected chi connectivity index (χ0v) is 12.0. The average molecular weight is 327 g/mol. The molecule has 0 aliphatic carbocycles. The summed E-state index contributed by atoms with van der Waals surface area (Å²) in [6.45, 7) is 1.34. The summed E-state index contributed by atoms with van der Waals surface area (Å²) in [6, 6.07) is 15.4. The highest BCUT2D eigenvalue weighted by Gasteiger charge is 1.95. The Kier molecular flexibility index (Phi) is 4.90.